The van der Waals surface area contributed by atoms with Crippen LogP contribution in [0.4, 0.5) is 26.3 Å². The number of carbonyl (C=O) groups is 2. The average molecular weight is 604 g/mol. The first-order chi connectivity index (χ1) is 20.2. The molecule has 0 saturated carbocycles. The summed E-state index contributed by atoms with van der Waals surface area (Å²) in [6.07, 6.45) is -9.67. The van der Waals surface area contributed by atoms with E-state index in [1.54, 1.807) is 30.3 Å². The Kier molecular flexibility index (Phi) is 8.98. The Morgan fingerprint density at radius 2 is 1.37 bits per heavy atom. The molecular formula is C31H23F6NO5. The van der Waals surface area contributed by atoms with Crippen molar-refractivity contribution in [3.05, 3.63) is 108 Å². The van der Waals surface area contributed by atoms with Gasteiger partial charge in [-0.2, -0.15) is 13.2 Å². The molecule has 4 aromatic carbocycles. The van der Waals surface area contributed by atoms with Crippen LogP contribution in [0.2, 0.25) is 0 Å². The van der Waals surface area contributed by atoms with E-state index in [0.717, 1.165) is 18.2 Å². The molecule has 0 aliphatic rings. The fourth-order valence-corrected chi connectivity index (χ4v) is 4.27. The first kappa shape index (κ1) is 30.9. The molecule has 0 fully saturated rings. The number of phenolic OH excluding ortho intramolecular Hbond substituents is 1. The number of phenols is 1. The quantitative estimate of drug-likeness (QED) is 0.160. The van der Waals surface area contributed by atoms with E-state index in [2.05, 4.69) is 10.1 Å². The fourth-order valence-electron chi connectivity index (χ4n) is 4.27. The smallest absolute Gasteiger partial charge is 0.507 e. The average Bonchev–Trinajstić information content (AvgIpc) is 2.96. The minimum Gasteiger partial charge on any atom is -0.507 e. The van der Waals surface area contributed by atoms with E-state index in [0.29, 0.717) is 27.8 Å². The molecule has 1 unspecified atom stereocenters. The number of ether oxygens (including phenoxy) is 2. The third-order valence-electron chi connectivity index (χ3n) is 6.40. The van der Waals surface area contributed by atoms with Crippen LogP contribution in [0.5, 0.6) is 11.5 Å². The highest BCUT2D eigenvalue weighted by Crippen LogP contribution is 2.33. The summed E-state index contributed by atoms with van der Waals surface area (Å²) >= 11 is 0. The molecule has 0 heterocycles. The molecule has 4 rings (SSSR count). The third kappa shape index (κ3) is 8.06. The molecule has 0 aliphatic heterocycles. The number of benzene rings is 4. The van der Waals surface area contributed by atoms with Gasteiger partial charge in [-0.3, -0.25) is 9.59 Å². The van der Waals surface area contributed by atoms with Gasteiger partial charge in [0.2, 0.25) is 0 Å². The van der Waals surface area contributed by atoms with E-state index in [9.17, 15) is 41.0 Å². The lowest BCUT2D eigenvalue weighted by atomic mass is 9.98. The lowest BCUT2D eigenvalue weighted by Gasteiger charge is -2.19. The minimum atomic E-state index is -4.85. The molecule has 1 amide bonds. The zero-order chi connectivity index (χ0) is 31.4. The second-order valence-corrected chi connectivity index (χ2v) is 9.31. The highest BCUT2D eigenvalue weighted by molar-refractivity contribution is 5.98. The summed E-state index contributed by atoms with van der Waals surface area (Å²) in [6.45, 7) is 0. The number of rotatable bonds is 8. The molecule has 1 atom stereocenters. The van der Waals surface area contributed by atoms with Crippen molar-refractivity contribution in [2.24, 2.45) is 0 Å². The van der Waals surface area contributed by atoms with Crippen molar-refractivity contribution in [3.63, 3.8) is 0 Å². The van der Waals surface area contributed by atoms with Gasteiger partial charge in [0.05, 0.1) is 30.7 Å². The maximum atomic E-state index is 13.3. The van der Waals surface area contributed by atoms with Crippen molar-refractivity contribution in [1.82, 2.24) is 5.32 Å². The zero-order valence-corrected chi connectivity index (χ0v) is 22.3. The summed E-state index contributed by atoms with van der Waals surface area (Å²) in [4.78, 5) is 25.4. The fraction of sp³-hybridized carbons (Fsp3) is 0.161. The van der Waals surface area contributed by atoms with Crippen LogP contribution in [0.3, 0.4) is 0 Å². The third-order valence-corrected chi connectivity index (χ3v) is 6.40. The molecule has 2 N–H and O–H groups in total. The summed E-state index contributed by atoms with van der Waals surface area (Å²) in [6, 6.07) is 19.0. The van der Waals surface area contributed by atoms with Crippen LogP contribution in [-0.2, 0) is 15.7 Å². The molecule has 0 bridgehead atoms. The Morgan fingerprint density at radius 1 is 0.791 bits per heavy atom. The van der Waals surface area contributed by atoms with E-state index in [4.69, 9.17) is 4.74 Å². The van der Waals surface area contributed by atoms with E-state index >= 15 is 0 Å². The van der Waals surface area contributed by atoms with Crippen molar-refractivity contribution in [3.8, 4) is 33.8 Å². The number of nitrogens with one attached hydrogen (secondary N) is 1. The second-order valence-electron chi connectivity index (χ2n) is 9.31. The van der Waals surface area contributed by atoms with Gasteiger partial charge in [0, 0.05) is 0 Å². The van der Waals surface area contributed by atoms with Gasteiger partial charge in [-0.15, -0.1) is 13.2 Å². The van der Waals surface area contributed by atoms with Crippen molar-refractivity contribution in [1.29, 1.82) is 0 Å². The topological polar surface area (TPSA) is 84.9 Å². The maximum Gasteiger partial charge on any atom is 0.573 e. The summed E-state index contributed by atoms with van der Waals surface area (Å²) in [7, 11) is 1.17. The number of carbonyl (C=O) groups excluding carboxylic acids is 2. The number of hydrogen-bond donors (Lipinski definition) is 2. The van der Waals surface area contributed by atoms with Crippen molar-refractivity contribution >= 4 is 11.9 Å². The van der Waals surface area contributed by atoms with Crippen LogP contribution in [0.1, 0.15) is 33.9 Å². The molecular weight excluding hydrogens is 580 g/mol. The number of alkyl halides is 6. The second kappa shape index (κ2) is 12.5. The molecule has 4 aromatic rings. The molecule has 0 radical (unpaired) electrons. The SMILES string of the molecule is COC(=O)CC(NC(=O)c1cc(-c2ccc(C(F)(F)F)cc2)ccc1O)c1ccc(-c2cccc(OC(F)(F)F)c2)cc1. The molecule has 12 heteroatoms. The number of aromatic hydroxyl groups is 1. The van der Waals surface area contributed by atoms with Gasteiger partial charge < -0.3 is 19.9 Å². The summed E-state index contributed by atoms with van der Waals surface area (Å²) < 4.78 is 85.4. The molecule has 0 spiro atoms. The highest BCUT2D eigenvalue weighted by atomic mass is 19.4. The standard InChI is InChI=1S/C31H23F6NO5/c1-42-28(40)17-26(20-7-5-18(6-8-20)21-3-2-4-24(15-21)43-31(35,36)37)38-29(41)25-16-22(11-14-27(25)39)19-9-12-23(13-10-19)30(32,33)34/h2-16,26,39H,17H2,1H3,(H,38,41). The Balaban J connectivity index is 1.58. The van der Waals surface area contributed by atoms with Gasteiger partial charge in [-0.1, -0.05) is 54.6 Å². The normalized spacial score (nSPS) is 12.3. The Bertz CT molecular complexity index is 1600. The Morgan fingerprint density at radius 3 is 1.95 bits per heavy atom. The lowest BCUT2D eigenvalue weighted by molar-refractivity contribution is -0.274. The van der Waals surface area contributed by atoms with E-state index in [-0.39, 0.29) is 12.0 Å². The number of methoxy groups -OCH3 is 1. The molecule has 43 heavy (non-hydrogen) atoms. The molecule has 6 nitrogen and oxygen atoms in total. The van der Waals surface area contributed by atoms with Crippen molar-refractivity contribution in [2.75, 3.05) is 7.11 Å². The molecule has 0 aromatic heterocycles. The van der Waals surface area contributed by atoms with Gasteiger partial charge in [-0.05, 0) is 64.2 Å². The summed E-state index contributed by atoms with van der Waals surface area (Å²) in [5, 5.41) is 13.1. The van der Waals surface area contributed by atoms with Crippen LogP contribution >= 0.6 is 0 Å². The van der Waals surface area contributed by atoms with Gasteiger partial charge >= 0.3 is 18.5 Å². The molecule has 0 saturated heterocycles. The van der Waals surface area contributed by atoms with Crippen LogP contribution < -0.4 is 10.1 Å². The monoisotopic (exact) mass is 603 g/mol. The molecule has 224 valence electrons. The number of esters is 1. The van der Waals surface area contributed by atoms with Crippen molar-refractivity contribution < 1.29 is 50.5 Å². The number of halogens is 6. The maximum absolute atomic E-state index is 13.3. The van der Waals surface area contributed by atoms with E-state index < -0.39 is 47.5 Å². The first-order valence-corrected chi connectivity index (χ1v) is 12.6. The van der Waals surface area contributed by atoms with Gasteiger partial charge in [-0.25, -0.2) is 0 Å². The Labute approximate surface area is 241 Å². The number of amides is 1. The highest BCUT2D eigenvalue weighted by Gasteiger charge is 2.31. The predicted molar refractivity (Wildman–Crippen MR) is 144 cm³/mol. The Hall–Kier alpha value is -5.00. The number of hydrogen-bond acceptors (Lipinski definition) is 5. The summed E-state index contributed by atoms with van der Waals surface area (Å²) in [5.74, 6) is -2.24. The predicted octanol–water partition coefficient (Wildman–Crippen LogP) is 7.68. The minimum absolute atomic E-state index is 0.189. The lowest BCUT2D eigenvalue weighted by Crippen LogP contribution is -2.30. The van der Waals surface area contributed by atoms with Crippen molar-refractivity contribution in [2.45, 2.75) is 25.0 Å². The van der Waals surface area contributed by atoms with Gasteiger partial charge in [0.1, 0.15) is 11.5 Å². The van der Waals surface area contributed by atoms with Gasteiger partial charge in [0.25, 0.3) is 5.91 Å². The van der Waals surface area contributed by atoms with Crippen LogP contribution in [0.15, 0.2) is 91.0 Å². The largest absolute Gasteiger partial charge is 0.573 e. The first-order valence-electron chi connectivity index (χ1n) is 12.6. The van der Waals surface area contributed by atoms with E-state index in [1.165, 1.54) is 49.6 Å². The zero-order valence-electron chi connectivity index (χ0n) is 22.3. The molecule has 0 aliphatic carbocycles. The summed E-state index contributed by atoms with van der Waals surface area (Å²) in [5.41, 5.74) is 1.10. The van der Waals surface area contributed by atoms with Gasteiger partial charge in [0.15, 0.2) is 0 Å². The van der Waals surface area contributed by atoms with Crippen LogP contribution in [0, 0.1) is 0 Å². The van der Waals surface area contributed by atoms with Crippen LogP contribution in [0.25, 0.3) is 22.3 Å². The van der Waals surface area contributed by atoms with Crippen LogP contribution in [-0.4, -0.2) is 30.5 Å². The van der Waals surface area contributed by atoms with E-state index in [1.807, 2.05) is 0 Å².